The first kappa shape index (κ1) is 21.6. The number of hydrogen-bond acceptors (Lipinski definition) is 9. The molecule has 0 aliphatic carbocycles. The SMILES string of the molecule is COc1ncc(F)cc1-n1cc([N+](=O)[O-])c(OCCCn2nc(Cl)c3cnc(Cl)nc32)n1. The van der Waals surface area contributed by atoms with Gasteiger partial charge in [0.15, 0.2) is 10.8 Å². The first-order chi connectivity index (χ1) is 15.4. The summed E-state index contributed by atoms with van der Waals surface area (Å²) in [6, 6.07) is 1.09. The van der Waals surface area contributed by atoms with E-state index in [1.165, 1.54) is 18.0 Å². The lowest BCUT2D eigenvalue weighted by atomic mass is 10.4. The minimum Gasteiger partial charge on any atom is -0.479 e. The van der Waals surface area contributed by atoms with Crippen molar-refractivity contribution in [1.82, 2.24) is 34.5 Å². The van der Waals surface area contributed by atoms with Gasteiger partial charge in [-0.3, -0.25) is 10.1 Å². The predicted octanol–water partition coefficient (Wildman–Crippen LogP) is 3.24. The van der Waals surface area contributed by atoms with Gasteiger partial charge in [-0.05, 0) is 11.6 Å². The fourth-order valence-corrected chi connectivity index (χ4v) is 3.23. The van der Waals surface area contributed by atoms with Crippen molar-refractivity contribution in [3.8, 4) is 17.4 Å². The molecule has 0 bridgehead atoms. The van der Waals surface area contributed by atoms with Crippen molar-refractivity contribution in [3.63, 3.8) is 0 Å². The molecule has 4 heterocycles. The normalized spacial score (nSPS) is 11.1. The number of fused-ring (bicyclic) bond motifs is 1. The van der Waals surface area contributed by atoms with Crippen LogP contribution in [-0.2, 0) is 6.54 Å². The molecule has 15 heteroatoms. The van der Waals surface area contributed by atoms with Crippen LogP contribution in [0.3, 0.4) is 0 Å². The van der Waals surface area contributed by atoms with E-state index >= 15 is 0 Å². The van der Waals surface area contributed by atoms with E-state index in [0.717, 1.165) is 23.1 Å². The van der Waals surface area contributed by atoms with Crippen LogP contribution in [0.15, 0.2) is 24.7 Å². The standard InChI is InChI=1S/C17H13Cl2FN8O4/c1-31-15-11(5-9(20)6-21-15)27-8-12(28(29)30)16(25-27)32-4-2-3-26-14-10(13(18)24-26)7-22-17(19)23-14/h5-8H,2-4H2,1H3. The minimum absolute atomic E-state index is 0.0402. The zero-order valence-corrected chi connectivity index (χ0v) is 17.8. The molecular weight excluding hydrogens is 470 g/mol. The lowest BCUT2D eigenvalue weighted by molar-refractivity contribution is -0.385. The Labute approximate surface area is 188 Å². The molecule has 166 valence electrons. The summed E-state index contributed by atoms with van der Waals surface area (Å²) in [5, 5.41) is 20.5. The maximum atomic E-state index is 13.6. The van der Waals surface area contributed by atoms with Crippen molar-refractivity contribution in [2.45, 2.75) is 13.0 Å². The van der Waals surface area contributed by atoms with Gasteiger partial charge in [-0.25, -0.2) is 23.7 Å². The average molecular weight is 483 g/mol. The van der Waals surface area contributed by atoms with Crippen LogP contribution in [0.5, 0.6) is 11.8 Å². The maximum absolute atomic E-state index is 13.6. The number of halogens is 3. The molecule has 0 radical (unpaired) electrons. The Kier molecular flexibility index (Phi) is 6.01. The fraction of sp³-hybridized carbons (Fsp3) is 0.235. The van der Waals surface area contributed by atoms with Crippen molar-refractivity contribution in [2.75, 3.05) is 13.7 Å². The third kappa shape index (κ3) is 4.24. The smallest absolute Gasteiger partial charge is 0.350 e. The molecule has 0 amide bonds. The zero-order chi connectivity index (χ0) is 22.8. The molecular formula is C17H13Cl2FN8O4. The van der Waals surface area contributed by atoms with Crippen molar-refractivity contribution in [1.29, 1.82) is 0 Å². The third-order valence-electron chi connectivity index (χ3n) is 4.27. The number of aryl methyl sites for hydroxylation is 1. The lowest BCUT2D eigenvalue weighted by Crippen LogP contribution is -2.08. The summed E-state index contributed by atoms with van der Waals surface area (Å²) in [4.78, 5) is 22.5. The molecule has 0 fully saturated rings. The topological polar surface area (TPSA) is 136 Å². The van der Waals surface area contributed by atoms with Gasteiger partial charge in [0.1, 0.15) is 17.7 Å². The van der Waals surface area contributed by atoms with Crippen LogP contribution in [0.1, 0.15) is 6.42 Å². The molecule has 12 nitrogen and oxygen atoms in total. The second kappa shape index (κ2) is 8.88. The van der Waals surface area contributed by atoms with Crippen molar-refractivity contribution in [2.24, 2.45) is 0 Å². The Morgan fingerprint density at radius 2 is 2.03 bits per heavy atom. The summed E-state index contributed by atoms with van der Waals surface area (Å²) in [5.74, 6) is -0.857. The molecule has 0 atom stereocenters. The van der Waals surface area contributed by atoms with Gasteiger partial charge in [0, 0.05) is 25.2 Å². The summed E-state index contributed by atoms with van der Waals surface area (Å²) in [5.41, 5.74) is 0.138. The molecule has 0 aliphatic heterocycles. The van der Waals surface area contributed by atoms with Crippen LogP contribution in [0.25, 0.3) is 16.7 Å². The van der Waals surface area contributed by atoms with E-state index in [-0.39, 0.29) is 34.5 Å². The van der Waals surface area contributed by atoms with Crippen LogP contribution in [0.2, 0.25) is 10.4 Å². The summed E-state index contributed by atoms with van der Waals surface area (Å²) in [6.07, 6.45) is 3.91. The van der Waals surface area contributed by atoms with Gasteiger partial charge < -0.3 is 9.47 Å². The molecule has 32 heavy (non-hydrogen) atoms. The van der Waals surface area contributed by atoms with E-state index in [1.54, 1.807) is 0 Å². The van der Waals surface area contributed by atoms with Gasteiger partial charge in [-0.2, -0.15) is 10.1 Å². The van der Waals surface area contributed by atoms with Gasteiger partial charge >= 0.3 is 11.6 Å². The molecule has 0 saturated heterocycles. The third-order valence-corrected chi connectivity index (χ3v) is 4.73. The number of methoxy groups -OCH3 is 1. The van der Waals surface area contributed by atoms with Crippen molar-refractivity contribution in [3.05, 3.63) is 51.0 Å². The molecule has 0 N–H and O–H groups in total. The highest BCUT2D eigenvalue weighted by Crippen LogP contribution is 2.29. The van der Waals surface area contributed by atoms with E-state index < -0.39 is 16.4 Å². The summed E-state index contributed by atoms with van der Waals surface area (Å²) in [7, 11) is 1.34. The van der Waals surface area contributed by atoms with Crippen molar-refractivity contribution < 1.29 is 18.8 Å². The Balaban J connectivity index is 1.50. The lowest BCUT2D eigenvalue weighted by Gasteiger charge is -2.06. The molecule has 0 aromatic carbocycles. The molecule has 0 unspecified atom stereocenters. The molecule has 0 aliphatic rings. The number of rotatable bonds is 8. The number of hydrogen-bond donors (Lipinski definition) is 0. The second-order valence-corrected chi connectivity index (χ2v) is 6.99. The van der Waals surface area contributed by atoms with Crippen molar-refractivity contribution >= 4 is 39.9 Å². The largest absolute Gasteiger partial charge is 0.479 e. The molecule has 0 saturated carbocycles. The van der Waals surface area contributed by atoms with E-state index in [1.807, 2.05) is 0 Å². The average Bonchev–Trinajstić information content (AvgIpc) is 3.32. The Bertz CT molecular complexity index is 1310. The summed E-state index contributed by atoms with van der Waals surface area (Å²) in [6.45, 7) is 0.404. The van der Waals surface area contributed by atoms with Gasteiger partial charge in [-0.1, -0.05) is 11.6 Å². The van der Waals surface area contributed by atoms with E-state index in [4.69, 9.17) is 32.7 Å². The van der Waals surface area contributed by atoms with Crippen LogP contribution < -0.4 is 9.47 Å². The van der Waals surface area contributed by atoms with Crippen LogP contribution in [-0.4, -0.2) is 53.2 Å². The number of ether oxygens (including phenoxy) is 2. The number of nitrogens with zero attached hydrogens (tertiary/aromatic N) is 8. The Morgan fingerprint density at radius 3 is 2.78 bits per heavy atom. The summed E-state index contributed by atoms with van der Waals surface area (Å²) < 4.78 is 26.8. The van der Waals surface area contributed by atoms with Gasteiger partial charge in [0.05, 0.1) is 30.2 Å². The number of pyridine rings is 1. The van der Waals surface area contributed by atoms with Crippen LogP contribution in [0, 0.1) is 15.9 Å². The zero-order valence-electron chi connectivity index (χ0n) is 16.3. The fourth-order valence-electron chi connectivity index (χ4n) is 2.88. The number of aromatic nitrogens is 7. The van der Waals surface area contributed by atoms with E-state index in [0.29, 0.717) is 24.0 Å². The number of nitro groups is 1. The highest BCUT2D eigenvalue weighted by Gasteiger charge is 2.24. The second-order valence-electron chi connectivity index (χ2n) is 6.30. The maximum Gasteiger partial charge on any atom is 0.350 e. The van der Waals surface area contributed by atoms with E-state index in [9.17, 15) is 14.5 Å². The van der Waals surface area contributed by atoms with Crippen LogP contribution >= 0.6 is 23.2 Å². The highest BCUT2D eigenvalue weighted by molar-refractivity contribution is 6.34. The molecule has 4 aromatic heterocycles. The predicted molar refractivity (Wildman–Crippen MR) is 110 cm³/mol. The first-order valence-corrected chi connectivity index (χ1v) is 9.74. The minimum atomic E-state index is -0.657. The van der Waals surface area contributed by atoms with Crippen LogP contribution in [0.4, 0.5) is 10.1 Å². The molecule has 4 rings (SSSR count). The summed E-state index contributed by atoms with van der Waals surface area (Å²) >= 11 is 11.9. The van der Waals surface area contributed by atoms with Gasteiger partial charge in [0.25, 0.3) is 0 Å². The Morgan fingerprint density at radius 1 is 1.22 bits per heavy atom. The first-order valence-electron chi connectivity index (χ1n) is 8.98. The Hall–Kier alpha value is -3.58. The molecule has 4 aromatic rings. The highest BCUT2D eigenvalue weighted by atomic mass is 35.5. The monoisotopic (exact) mass is 482 g/mol. The molecule has 0 spiro atoms. The van der Waals surface area contributed by atoms with Gasteiger partial charge in [0.2, 0.25) is 11.2 Å². The van der Waals surface area contributed by atoms with Gasteiger partial charge in [-0.15, -0.1) is 5.10 Å². The quantitative estimate of drug-likeness (QED) is 0.160. The van der Waals surface area contributed by atoms with E-state index in [2.05, 4.69) is 25.1 Å².